The summed E-state index contributed by atoms with van der Waals surface area (Å²) < 4.78 is 13.1. The number of halogens is 2. The molecule has 0 bridgehead atoms. The Bertz CT molecular complexity index is 409. The Kier molecular flexibility index (Phi) is 4.85. The van der Waals surface area contributed by atoms with Gasteiger partial charge in [-0.2, -0.15) is 0 Å². The van der Waals surface area contributed by atoms with Gasteiger partial charge in [-0.15, -0.1) is 0 Å². The summed E-state index contributed by atoms with van der Waals surface area (Å²) >= 11 is 2.82. The summed E-state index contributed by atoms with van der Waals surface area (Å²) in [5, 5.41) is 2.55. The van der Waals surface area contributed by atoms with Crippen LogP contribution in [-0.4, -0.2) is 12.5 Å². The maximum Gasteiger partial charge on any atom is 0.296 e. The van der Waals surface area contributed by atoms with Gasteiger partial charge in [0.25, 0.3) is 5.91 Å². The number of carbonyl (C=O) groups excluding carboxylic acids is 1. The third-order valence-electron chi connectivity index (χ3n) is 1.80. The highest BCUT2D eigenvalue weighted by molar-refractivity contribution is 9.12. The summed E-state index contributed by atoms with van der Waals surface area (Å²) in [6, 6.07) is 6.49. The molecule has 0 aromatic heterocycles. The van der Waals surface area contributed by atoms with Crippen molar-refractivity contribution in [1.29, 1.82) is 0 Å². The summed E-state index contributed by atoms with van der Waals surface area (Å²) in [6.07, 6.45) is 0.461. The van der Waals surface area contributed by atoms with Gasteiger partial charge in [-0.3, -0.25) is 4.79 Å². The molecule has 1 rings (SSSR count). The van der Waals surface area contributed by atoms with Gasteiger partial charge in [-0.25, -0.2) is 4.39 Å². The lowest BCUT2D eigenvalue weighted by molar-refractivity contribution is -0.115. The minimum Gasteiger partial charge on any atom is -0.345 e. The van der Waals surface area contributed by atoms with Crippen LogP contribution in [0, 0.1) is 16.6 Å². The monoisotopic (exact) mass is 269 g/mol. The Morgan fingerprint density at radius 3 is 2.87 bits per heavy atom. The second-order valence-electron chi connectivity index (χ2n) is 2.82. The maximum atomic E-state index is 13.1. The molecular weight excluding hydrogens is 261 g/mol. The second-order valence-corrected chi connectivity index (χ2v) is 3.21. The van der Waals surface area contributed by atoms with Crippen LogP contribution in [0.4, 0.5) is 4.39 Å². The molecule has 78 valence electrons. The van der Waals surface area contributed by atoms with Crippen molar-refractivity contribution < 1.29 is 9.18 Å². The molecule has 0 saturated heterocycles. The zero-order valence-electron chi connectivity index (χ0n) is 7.89. The van der Waals surface area contributed by atoms with Gasteiger partial charge in [0.2, 0.25) is 0 Å². The van der Waals surface area contributed by atoms with Gasteiger partial charge in [0.15, 0.2) is 0 Å². The van der Waals surface area contributed by atoms with Crippen LogP contribution in [0.1, 0.15) is 5.56 Å². The Morgan fingerprint density at radius 1 is 1.47 bits per heavy atom. The minimum atomic E-state index is -0.372. The lowest BCUT2D eigenvalue weighted by atomic mass is 10.1. The van der Waals surface area contributed by atoms with E-state index in [2.05, 4.69) is 32.0 Å². The van der Waals surface area contributed by atoms with E-state index in [1.165, 1.54) is 6.07 Å². The zero-order chi connectivity index (χ0) is 11.1. The van der Waals surface area contributed by atoms with Crippen molar-refractivity contribution >= 4 is 21.8 Å². The van der Waals surface area contributed by atoms with Crippen LogP contribution in [0.2, 0.25) is 0 Å². The summed E-state index contributed by atoms with van der Waals surface area (Å²) in [6.45, 7) is 0.376. The van der Waals surface area contributed by atoms with Gasteiger partial charge in [0, 0.05) is 28.4 Å². The smallest absolute Gasteiger partial charge is 0.296 e. The largest absolute Gasteiger partial charge is 0.345 e. The molecule has 0 saturated carbocycles. The summed E-state index contributed by atoms with van der Waals surface area (Å²) in [5.74, 6) is 1.65. The molecule has 0 unspecified atom stereocenters. The van der Waals surface area contributed by atoms with E-state index in [0.717, 1.165) is 0 Å². The molecule has 1 amide bonds. The standard InChI is InChI=1S/C11H9BrFNO/c12-7-5-11(15)14-8-6-9-3-1-2-4-10(9)13/h1-4H,6,8H2,(H,14,15). The van der Waals surface area contributed by atoms with Crippen LogP contribution in [0.5, 0.6) is 0 Å². The fraction of sp³-hybridized carbons (Fsp3) is 0.182. The highest BCUT2D eigenvalue weighted by Gasteiger charge is 2.00. The number of nitrogens with one attached hydrogen (secondary N) is 1. The van der Waals surface area contributed by atoms with Crippen LogP contribution in [0.25, 0.3) is 0 Å². The van der Waals surface area contributed by atoms with Crippen LogP contribution in [0.3, 0.4) is 0 Å². The average molecular weight is 270 g/mol. The molecule has 1 N–H and O–H groups in total. The number of benzene rings is 1. The van der Waals surface area contributed by atoms with E-state index in [1.807, 2.05) is 0 Å². The Morgan fingerprint density at radius 2 is 2.20 bits per heavy atom. The molecule has 0 atom stereocenters. The van der Waals surface area contributed by atoms with E-state index in [1.54, 1.807) is 18.2 Å². The van der Waals surface area contributed by atoms with Crippen molar-refractivity contribution in [2.75, 3.05) is 6.54 Å². The Labute approximate surface area is 96.0 Å². The third kappa shape index (κ3) is 4.13. The first kappa shape index (κ1) is 11.7. The number of rotatable bonds is 3. The van der Waals surface area contributed by atoms with Gasteiger partial charge in [0.05, 0.1) is 0 Å². The molecule has 0 aliphatic heterocycles. The summed E-state index contributed by atoms with van der Waals surface area (Å²) in [7, 11) is 0. The first-order valence-corrected chi connectivity index (χ1v) is 5.16. The first-order chi connectivity index (χ1) is 7.24. The lowest BCUT2D eigenvalue weighted by Gasteiger charge is -2.02. The molecule has 1 aromatic rings. The number of amides is 1. The van der Waals surface area contributed by atoms with E-state index in [9.17, 15) is 9.18 Å². The number of hydrogen-bond acceptors (Lipinski definition) is 1. The van der Waals surface area contributed by atoms with Crippen molar-refractivity contribution in [2.24, 2.45) is 0 Å². The second kappa shape index (κ2) is 6.20. The van der Waals surface area contributed by atoms with E-state index < -0.39 is 0 Å². The number of hydrogen-bond donors (Lipinski definition) is 1. The molecule has 15 heavy (non-hydrogen) atoms. The average Bonchev–Trinajstić information content (AvgIpc) is 2.21. The Balaban J connectivity index is 2.40. The SMILES string of the molecule is O=C(C#CBr)NCCc1ccccc1F. The molecule has 0 aliphatic carbocycles. The Hall–Kier alpha value is -1.34. The van der Waals surface area contributed by atoms with Crippen molar-refractivity contribution in [2.45, 2.75) is 6.42 Å². The molecule has 0 radical (unpaired) electrons. The van der Waals surface area contributed by atoms with Gasteiger partial charge < -0.3 is 5.32 Å². The minimum absolute atomic E-state index is 0.252. The predicted octanol–water partition coefficient (Wildman–Crippen LogP) is 1.84. The molecule has 0 aliphatic rings. The maximum absolute atomic E-state index is 13.1. The van der Waals surface area contributed by atoms with Gasteiger partial charge >= 0.3 is 0 Å². The number of carbonyl (C=O) groups is 1. The quantitative estimate of drug-likeness (QED) is 0.834. The van der Waals surface area contributed by atoms with Crippen molar-refractivity contribution in [1.82, 2.24) is 5.32 Å². The van der Waals surface area contributed by atoms with Crippen molar-refractivity contribution in [3.05, 3.63) is 35.6 Å². The third-order valence-corrected chi connectivity index (χ3v) is 2.00. The summed E-state index contributed by atoms with van der Waals surface area (Å²) in [4.78, 5) is 13.2. The van der Waals surface area contributed by atoms with Crippen LogP contribution in [-0.2, 0) is 11.2 Å². The van der Waals surface area contributed by atoms with Crippen LogP contribution < -0.4 is 5.32 Å². The lowest BCUT2D eigenvalue weighted by Crippen LogP contribution is -2.24. The molecule has 4 heteroatoms. The molecule has 2 nitrogen and oxygen atoms in total. The van der Waals surface area contributed by atoms with E-state index in [4.69, 9.17) is 0 Å². The zero-order valence-corrected chi connectivity index (χ0v) is 9.47. The van der Waals surface area contributed by atoms with Crippen molar-refractivity contribution in [3.63, 3.8) is 0 Å². The topological polar surface area (TPSA) is 29.1 Å². The van der Waals surface area contributed by atoms with Gasteiger partial charge in [0.1, 0.15) is 5.82 Å². The fourth-order valence-corrected chi connectivity index (χ4v) is 1.28. The van der Waals surface area contributed by atoms with E-state index in [0.29, 0.717) is 18.5 Å². The van der Waals surface area contributed by atoms with Crippen LogP contribution in [0.15, 0.2) is 24.3 Å². The van der Waals surface area contributed by atoms with Gasteiger partial charge in [-0.1, -0.05) is 18.2 Å². The molecule has 0 spiro atoms. The normalized spacial score (nSPS) is 8.93. The fourth-order valence-electron chi connectivity index (χ4n) is 1.10. The highest BCUT2D eigenvalue weighted by atomic mass is 79.9. The van der Waals surface area contributed by atoms with Crippen molar-refractivity contribution in [3.8, 4) is 10.8 Å². The molecular formula is C11H9BrFNO. The first-order valence-electron chi connectivity index (χ1n) is 4.37. The van der Waals surface area contributed by atoms with Gasteiger partial charge in [-0.05, 0) is 22.9 Å². The molecule has 0 fully saturated rings. The molecule has 0 heterocycles. The highest BCUT2D eigenvalue weighted by Crippen LogP contribution is 2.05. The van der Waals surface area contributed by atoms with Crippen LogP contribution >= 0.6 is 15.9 Å². The molecule has 1 aromatic carbocycles. The predicted molar refractivity (Wildman–Crippen MR) is 59.8 cm³/mol. The summed E-state index contributed by atoms with van der Waals surface area (Å²) in [5.41, 5.74) is 0.588. The van der Waals surface area contributed by atoms with E-state index in [-0.39, 0.29) is 11.7 Å². The van der Waals surface area contributed by atoms with E-state index >= 15 is 0 Å².